The molecule has 1 amide bonds. The standard InChI is InChI=1S/C14H18BrN5O4S/c1-24-12-7-19(25(2,22)23)6-10(12)18-13-9(14(16)21)4-17-20-5-8(15)3-11(13)20/h3-5,10,12,18H,6-7H2,1-2H3,(H2,16,21)/t10-,12+/m1/s1. The molecule has 3 heterocycles. The zero-order valence-corrected chi connectivity index (χ0v) is 16.0. The number of nitrogens with two attached hydrogens (primary N) is 1. The lowest BCUT2D eigenvalue weighted by Crippen LogP contribution is -2.35. The molecule has 1 aliphatic heterocycles. The maximum atomic E-state index is 11.8. The quantitative estimate of drug-likeness (QED) is 0.700. The number of aromatic nitrogens is 2. The summed E-state index contributed by atoms with van der Waals surface area (Å²) < 4.78 is 32.8. The van der Waals surface area contributed by atoms with E-state index < -0.39 is 15.9 Å². The highest BCUT2D eigenvalue weighted by Crippen LogP contribution is 2.28. The van der Waals surface area contributed by atoms with Crippen LogP contribution >= 0.6 is 15.9 Å². The Balaban J connectivity index is 2.01. The van der Waals surface area contributed by atoms with Gasteiger partial charge in [0.2, 0.25) is 10.0 Å². The van der Waals surface area contributed by atoms with Gasteiger partial charge in [0, 0.05) is 30.9 Å². The van der Waals surface area contributed by atoms with Gasteiger partial charge >= 0.3 is 0 Å². The first-order valence-corrected chi connectivity index (χ1v) is 10.1. The topological polar surface area (TPSA) is 119 Å². The lowest BCUT2D eigenvalue weighted by molar-refractivity contribution is 0.0998. The van der Waals surface area contributed by atoms with Crippen molar-refractivity contribution >= 4 is 43.1 Å². The molecule has 1 aliphatic rings. The van der Waals surface area contributed by atoms with E-state index in [4.69, 9.17) is 10.5 Å². The van der Waals surface area contributed by atoms with Gasteiger partial charge in [0.15, 0.2) is 0 Å². The third kappa shape index (κ3) is 3.50. The number of anilines is 1. The van der Waals surface area contributed by atoms with Gasteiger partial charge in [0.1, 0.15) is 0 Å². The van der Waals surface area contributed by atoms with Crippen LogP contribution in [0.2, 0.25) is 0 Å². The summed E-state index contributed by atoms with van der Waals surface area (Å²) >= 11 is 3.38. The van der Waals surface area contributed by atoms with Gasteiger partial charge in [-0.2, -0.15) is 9.40 Å². The number of halogens is 1. The van der Waals surface area contributed by atoms with E-state index in [1.807, 2.05) is 0 Å². The lowest BCUT2D eigenvalue weighted by atomic mass is 10.1. The summed E-state index contributed by atoms with van der Waals surface area (Å²) in [4.78, 5) is 11.8. The molecule has 1 fully saturated rings. The number of hydrogen-bond acceptors (Lipinski definition) is 6. The summed E-state index contributed by atoms with van der Waals surface area (Å²) in [6.45, 7) is 0.469. The van der Waals surface area contributed by atoms with Crippen LogP contribution in [0, 0.1) is 0 Å². The number of sulfonamides is 1. The van der Waals surface area contributed by atoms with Gasteiger partial charge in [0.25, 0.3) is 5.91 Å². The summed E-state index contributed by atoms with van der Waals surface area (Å²) in [5.41, 5.74) is 6.85. The van der Waals surface area contributed by atoms with E-state index in [2.05, 4.69) is 26.3 Å². The average molecular weight is 432 g/mol. The number of carbonyl (C=O) groups is 1. The number of nitrogens with one attached hydrogen (secondary N) is 1. The summed E-state index contributed by atoms with van der Waals surface area (Å²) in [6.07, 6.45) is 3.93. The Bertz CT molecular complexity index is 929. The van der Waals surface area contributed by atoms with Gasteiger partial charge in [-0.3, -0.25) is 4.79 Å². The van der Waals surface area contributed by atoms with Gasteiger partial charge in [-0.05, 0) is 22.0 Å². The minimum absolute atomic E-state index is 0.228. The predicted octanol–water partition coefficient (Wildman–Crippen LogP) is 0.266. The van der Waals surface area contributed by atoms with E-state index >= 15 is 0 Å². The van der Waals surface area contributed by atoms with Crippen molar-refractivity contribution in [3.05, 3.63) is 28.5 Å². The van der Waals surface area contributed by atoms with Crippen molar-refractivity contribution in [2.24, 2.45) is 5.73 Å². The molecule has 25 heavy (non-hydrogen) atoms. The third-order valence-corrected chi connectivity index (χ3v) is 5.87. The molecule has 0 radical (unpaired) electrons. The number of hydrogen-bond donors (Lipinski definition) is 2. The number of fused-ring (bicyclic) bond motifs is 1. The molecule has 1 saturated heterocycles. The van der Waals surface area contributed by atoms with Crippen LogP contribution in [0.25, 0.3) is 5.52 Å². The van der Waals surface area contributed by atoms with Crippen molar-refractivity contribution in [2.45, 2.75) is 12.1 Å². The Hall–Kier alpha value is -1.69. The maximum absolute atomic E-state index is 11.8. The highest BCUT2D eigenvalue weighted by atomic mass is 79.9. The molecule has 0 aromatic carbocycles. The number of amides is 1. The maximum Gasteiger partial charge on any atom is 0.252 e. The Labute approximate surface area is 153 Å². The van der Waals surface area contributed by atoms with E-state index in [1.54, 1.807) is 16.8 Å². The van der Waals surface area contributed by atoms with Crippen molar-refractivity contribution in [1.29, 1.82) is 0 Å². The summed E-state index contributed by atoms with van der Waals surface area (Å²) in [6, 6.07) is 1.46. The number of primary amides is 1. The molecule has 136 valence electrons. The molecule has 0 saturated carbocycles. The molecule has 2 atom stereocenters. The fourth-order valence-corrected chi connectivity index (χ4v) is 4.20. The van der Waals surface area contributed by atoms with Crippen molar-refractivity contribution in [1.82, 2.24) is 13.9 Å². The van der Waals surface area contributed by atoms with Gasteiger partial charge < -0.3 is 15.8 Å². The molecule has 0 spiro atoms. The molecule has 2 aromatic rings. The third-order valence-electron chi connectivity index (χ3n) is 4.20. The van der Waals surface area contributed by atoms with E-state index in [-0.39, 0.29) is 30.8 Å². The number of ether oxygens (including phenoxy) is 1. The Kier molecular flexibility index (Phi) is 4.75. The first kappa shape index (κ1) is 18.1. The monoisotopic (exact) mass is 431 g/mol. The minimum atomic E-state index is -3.34. The fraction of sp³-hybridized carbons (Fsp3) is 0.429. The number of methoxy groups -OCH3 is 1. The van der Waals surface area contributed by atoms with Crippen LogP contribution < -0.4 is 11.1 Å². The molecule has 9 nitrogen and oxygen atoms in total. The molecule has 3 N–H and O–H groups in total. The van der Waals surface area contributed by atoms with E-state index in [1.165, 1.54) is 17.6 Å². The molecule has 3 rings (SSSR count). The van der Waals surface area contributed by atoms with E-state index in [9.17, 15) is 13.2 Å². The molecule has 0 unspecified atom stereocenters. The molecule has 0 bridgehead atoms. The van der Waals surface area contributed by atoms with Crippen LogP contribution in [-0.4, -0.2) is 66.8 Å². The van der Waals surface area contributed by atoms with E-state index in [0.29, 0.717) is 11.2 Å². The SMILES string of the molecule is CO[C@H]1CN(S(C)(=O)=O)C[C@H]1Nc1c(C(N)=O)cnn2cc(Br)cc12. The van der Waals surface area contributed by atoms with Gasteiger partial charge in [-0.15, -0.1) is 0 Å². The predicted molar refractivity (Wildman–Crippen MR) is 96.0 cm³/mol. The smallest absolute Gasteiger partial charge is 0.252 e. The van der Waals surface area contributed by atoms with Gasteiger partial charge in [-0.1, -0.05) is 0 Å². The highest BCUT2D eigenvalue weighted by molar-refractivity contribution is 9.10. The number of rotatable bonds is 5. The molecular formula is C14H18BrN5O4S. The average Bonchev–Trinajstić information content (AvgIpc) is 3.09. The van der Waals surface area contributed by atoms with Crippen LogP contribution in [0.15, 0.2) is 22.9 Å². The number of carbonyl (C=O) groups excluding carboxylic acids is 1. The first-order chi connectivity index (χ1) is 11.7. The summed E-state index contributed by atoms with van der Waals surface area (Å²) in [5, 5.41) is 7.40. The zero-order chi connectivity index (χ0) is 18.4. The Morgan fingerprint density at radius 2 is 2.20 bits per heavy atom. The Morgan fingerprint density at radius 3 is 2.80 bits per heavy atom. The van der Waals surface area contributed by atoms with Crippen LogP contribution in [0.4, 0.5) is 5.69 Å². The van der Waals surface area contributed by atoms with Crippen molar-refractivity contribution in [3.8, 4) is 0 Å². The van der Waals surface area contributed by atoms with Gasteiger partial charge in [0.05, 0.1) is 41.4 Å². The van der Waals surface area contributed by atoms with Gasteiger partial charge in [-0.25, -0.2) is 12.9 Å². The zero-order valence-electron chi connectivity index (χ0n) is 13.6. The molecule has 0 aliphatic carbocycles. The summed E-state index contributed by atoms with van der Waals surface area (Å²) in [7, 11) is -1.82. The second-order valence-corrected chi connectivity index (χ2v) is 8.79. The largest absolute Gasteiger partial charge is 0.378 e. The minimum Gasteiger partial charge on any atom is -0.378 e. The van der Waals surface area contributed by atoms with Crippen molar-refractivity contribution in [2.75, 3.05) is 31.8 Å². The molecular weight excluding hydrogens is 414 g/mol. The molecule has 2 aromatic heterocycles. The fourth-order valence-electron chi connectivity index (χ4n) is 2.94. The van der Waals surface area contributed by atoms with Crippen LogP contribution in [0.1, 0.15) is 10.4 Å². The second kappa shape index (κ2) is 6.56. The van der Waals surface area contributed by atoms with E-state index in [0.717, 1.165) is 10.7 Å². The van der Waals surface area contributed by atoms with Crippen LogP contribution in [0.3, 0.4) is 0 Å². The van der Waals surface area contributed by atoms with Crippen molar-refractivity contribution in [3.63, 3.8) is 0 Å². The molecule has 11 heteroatoms. The first-order valence-electron chi connectivity index (χ1n) is 7.42. The van der Waals surface area contributed by atoms with Crippen LogP contribution in [-0.2, 0) is 14.8 Å². The number of nitrogens with zero attached hydrogens (tertiary/aromatic N) is 3. The highest BCUT2D eigenvalue weighted by Gasteiger charge is 2.38. The normalized spacial score (nSPS) is 21.7. The Morgan fingerprint density at radius 1 is 1.48 bits per heavy atom. The van der Waals surface area contributed by atoms with Crippen LogP contribution in [0.5, 0.6) is 0 Å². The van der Waals surface area contributed by atoms with Crippen molar-refractivity contribution < 1.29 is 17.9 Å². The second-order valence-electron chi connectivity index (χ2n) is 5.89. The summed E-state index contributed by atoms with van der Waals surface area (Å²) in [5.74, 6) is -0.623. The lowest BCUT2D eigenvalue weighted by Gasteiger charge is -2.21.